The van der Waals surface area contributed by atoms with Gasteiger partial charge in [0.15, 0.2) is 5.84 Å². The molecule has 0 fully saturated rings. The van der Waals surface area contributed by atoms with Gasteiger partial charge in [-0.15, -0.1) is 0 Å². The summed E-state index contributed by atoms with van der Waals surface area (Å²) in [5, 5.41) is 17.6. The number of amidine groups is 2. The van der Waals surface area contributed by atoms with Crippen molar-refractivity contribution in [2.75, 3.05) is 0 Å². The van der Waals surface area contributed by atoms with Crippen LogP contribution in [-0.4, -0.2) is 11.7 Å². The number of benzene rings is 8. The van der Waals surface area contributed by atoms with Gasteiger partial charge in [0.2, 0.25) is 0 Å². The van der Waals surface area contributed by atoms with E-state index in [1.165, 1.54) is 5.39 Å². The van der Waals surface area contributed by atoms with Crippen molar-refractivity contribution >= 4 is 65.9 Å². The number of fused-ring (bicyclic) bond motifs is 6. The molecule has 0 atom stereocenters. The molecule has 0 saturated heterocycles. The van der Waals surface area contributed by atoms with E-state index in [1.54, 1.807) is 0 Å². The summed E-state index contributed by atoms with van der Waals surface area (Å²) in [5.41, 5.74) is 14.5. The molecule has 0 radical (unpaired) electrons. The first-order valence-corrected chi connectivity index (χ1v) is 16.0. The summed E-state index contributed by atoms with van der Waals surface area (Å²) in [6.45, 7) is 0. The second-order valence-electron chi connectivity index (χ2n) is 12.1. The molecule has 0 amide bonds. The van der Waals surface area contributed by atoms with Gasteiger partial charge in [-0.25, -0.2) is 4.99 Å². The lowest BCUT2D eigenvalue weighted by molar-refractivity contribution is 0.669. The van der Waals surface area contributed by atoms with Crippen LogP contribution in [0.15, 0.2) is 167 Å². The number of hydrogen-bond donors (Lipinski definition) is 2. The number of para-hydroxylation sites is 1. The second-order valence-corrected chi connectivity index (χ2v) is 12.1. The van der Waals surface area contributed by atoms with Crippen molar-refractivity contribution < 1.29 is 4.42 Å². The molecule has 0 unspecified atom stereocenters. The number of rotatable bonds is 4. The molecule has 0 aliphatic rings. The minimum Gasteiger partial charge on any atom is -0.456 e. The molecule has 3 N–H and O–H groups in total. The van der Waals surface area contributed by atoms with Gasteiger partial charge in [0.05, 0.1) is 0 Å². The van der Waals surface area contributed by atoms with Crippen molar-refractivity contribution in [3.05, 3.63) is 169 Å². The van der Waals surface area contributed by atoms with Gasteiger partial charge in [-0.2, -0.15) is 0 Å². The highest BCUT2D eigenvalue weighted by molar-refractivity contribution is 6.20. The Labute approximate surface area is 276 Å². The molecule has 8 aromatic carbocycles. The standard InChI is InChI=1S/C44H29N3O/c45-43(29-21-20-27-10-1-2-11-28(27)26-29)47-44(46)38-25-24-35(32-14-5-6-15-33(32)38)34-22-23-36(31-13-4-3-12-30(31)34)37-17-9-19-41-42(37)39-16-7-8-18-40(39)48-41/h1-26H,(H3,45,46,47). The summed E-state index contributed by atoms with van der Waals surface area (Å²) in [7, 11) is 0. The highest BCUT2D eigenvalue weighted by Gasteiger charge is 2.17. The van der Waals surface area contributed by atoms with E-state index in [1.807, 2.05) is 66.7 Å². The molecule has 4 heteroatoms. The summed E-state index contributed by atoms with van der Waals surface area (Å²) >= 11 is 0. The summed E-state index contributed by atoms with van der Waals surface area (Å²) in [6.07, 6.45) is 0. The molecular formula is C44H29N3O. The Balaban J connectivity index is 1.17. The molecule has 0 aliphatic heterocycles. The Morgan fingerprint density at radius 1 is 0.479 bits per heavy atom. The predicted molar refractivity (Wildman–Crippen MR) is 201 cm³/mol. The van der Waals surface area contributed by atoms with Gasteiger partial charge < -0.3 is 10.2 Å². The smallest absolute Gasteiger partial charge is 0.154 e. The monoisotopic (exact) mass is 615 g/mol. The van der Waals surface area contributed by atoms with E-state index in [0.29, 0.717) is 5.84 Å². The van der Waals surface area contributed by atoms with Crippen molar-refractivity contribution in [2.45, 2.75) is 0 Å². The maximum atomic E-state index is 8.76. The molecular weight excluding hydrogens is 587 g/mol. The Morgan fingerprint density at radius 2 is 1.04 bits per heavy atom. The lowest BCUT2D eigenvalue weighted by atomic mass is 9.88. The van der Waals surface area contributed by atoms with Crippen molar-refractivity contribution in [3.63, 3.8) is 0 Å². The topological polar surface area (TPSA) is 75.4 Å². The molecule has 0 saturated carbocycles. The maximum absolute atomic E-state index is 8.76. The molecule has 0 bridgehead atoms. The van der Waals surface area contributed by atoms with Gasteiger partial charge in [-0.1, -0.05) is 140 Å². The molecule has 0 aliphatic carbocycles. The van der Waals surface area contributed by atoms with Crippen LogP contribution in [0, 0.1) is 5.41 Å². The van der Waals surface area contributed by atoms with Crippen LogP contribution < -0.4 is 5.73 Å². The largest absolute Gasteiger partial charge is 0.456 e. The van der Waals surface area contributed by atoms with E-state index in [2.05, 4.69) is 96.0 Å². The lowest BCUT2D eigenvalue weighted by Crippen LogP contribution is -2.16. The van der Waals surface area contributed by atoms with E-state index >= 15 is 0 Å². The maximum Gasteiger partial charge on any atom is 0.154 e. The van der Waals surface area contributed by atoms with Gasteiger partial charge in [0, 0.05) is 21.9 Å². The predicted octanol–water partition coefficient (Wildman–Crippen LogP) is 11.1. The Morgan fingerprint density at radius 3 is 1.79 bits per heavy atom. The average Bonchev–Trinajstić information content (AvgIpc) is 3.53. The highest BCUT2D eigenvalue weighted by atomic mass is 16.3. The number of hydrogen-bond acceptors (Lipinski definition) is 2. The molecule has 0 spiro atoms. The van der Waals surface area contributed by atoms with E-state index in [4.69, 9.17) is 15.6 Å². The zero-order chi connectivity index (χ0) is 32.2. The Bertz CT molecular complexity index is 2770. The average molecular weight is 616 g/mol. The SMILES string of the molecule is N=C(/N=C(\N)c1ccc(-c2ccc(-c3cccc4oc5ccccc5c34)c3ccccc23)c2ccccc12)c1ccc2ccccc2c1. The molecule has 1 aromatic heterocycles. The van der Waals surface area contributed by atoms with Crippen molar-refractivity contribution in [3.8, 4) is 22.3 Å². The van der Waals surface area contributed by atoms with E-state index in [9.17, 15) is 0 Å². The minimum atomic E-state index is 0.133. The minimum absolute atomic E-state index is 0.133. The van der Waals surface area contributed by atoms with Gasteiger partial charge in [0.1, 0.15) is 17.0 Å². The van der Waals surface area contributed by atoms with E-state index < -0.39 is 0 Å². The van der Waals surface area contributed by atoms with Gasteiger partial charge in [-0.05, 0) is 72.8 Å². The van der Waals surface area contributed by atoms with E-state index in [-0.39, 0.29) is 5.84 Å². The van der Waals surface area contributed by atoms with Gasteiger partial charge in [0.25, 0.3) is 0 Å². The number of nitrogens with zero attached hydrogens (tertiary/aromatic N) is 1. The zero-order valence-corrected chi connectivity index (χ0v) is 25.9. The quantitative estimate of drug-likeness (QED) is 0.153. The van der Waals surface area contributed by atoms with Crippen LogP contribution >= 0.6 is 0 Å². The summed E-state index contributed by atoms with van der Waals surface area (Å²) in [4.78, 5) is 4.58. The first-order chi connectivity index (χ1) is 23.6. The van der Waals surface area contributed by atoms with Gasteiger partial charge >= 0.3 is 0 Å². The number of furan rings is 1. The highest BCUT2D eigenvalue weighted by Crippen LogP contribution is 2.42. The Kier molecular flexibility index (Phi) is 6.41. The third-order valence-electron chi connectivity index (χ3n) is 9.36. The van der Waals surface area contributed by atoms with Crippen LogP contribution in [0.5, 0.6) is 0 Å². The first-order valence-electron chi connectivity index (χ1n) is 16.0. The number of nitrogens with one attached hydrogen (secondary N) is 1. The van der Waals surface area contributed by atoms with E-state index in [0.717, 1.165) is 82.3 Å². The normalized spacial score (nSPS) is 12.0. The van der Waals surface area contributed by atoms with Crippen LogP contribution in [0.4, 0.5) is 0 Å². The fourth-order valence-electron chi connectivity index (χ4n) is 7.11. The van der Waals surface area contributed by atoms with Crippen molar-refractivity contribution in [1.82, 2.24) is 0 Å². The first kappa shape index (κ1) is 27.8. The fraction of sp³-hybridized carbons (Fsp3) is 0. The van der Waals surface area contributed by atoms with Gasteiger partial charge in [-0.3, -0.25) is 5.41 Å². The molecule has 9 aromatic rings. The number of nitrogens with two attached hydrogens (primary N) is 1. The second kappa shape index (κ2) is 11.1. The van der Waals surface area contributed by atoms with Crippen LogP contribution in [0.25, 0.3) is 76.5 Å². The number of aliphatic imine (C=N–C) groups is 1. The van der Waals surface area contributed by atoms with Crippen LogP contribution in [0.1, 0.15) is 11.1 Å². The van der Waals surface area contributed by atoms with Crippen molar-refractivity contribution in [1.29, 1.82) is 5.41 Å². The van der Waals surface area contributed by atoms with Crippen molar-refractivity contribution in [2.24, 2.45) is 10.7 Å². The molecule has 226 valence electrons. The lowest BCUT2D eigenvalue weighted by Gasteiger charge is -2.16. The van der Waals surface area contributed by atoms with Crippen LogP contribution in [0.3, 0.4) is 0 Å². The Hall–Kier alpha value is -6.52. The third kappa shape index (κ3) is 4.46. The summed E-state index contributed by atoms with van der Waals surface area (Å²) in [6, 6.07) is 54.1. The van der Waals surface area contributed by atoms with Crippen LogP contribution in [-0.2, 0) is 0 Å². The molecule has 4 nitrogen and oxygen atoms in total. The third-order valence-corrected chi connectivity index (χ3v) is 9.36. The molecule has 48 heavy (non-hydrogen) atoms. The molecule has 9 rings (SSSR count). The zero-order valence-electron chi connectivity index (χ0n) is 25.9. The molecule has 1 heterocycles. The van der Waals surface area contributed by atoms with Crippen LogP contribution in [0.2, 0.25) is 0 Å². The fourth-order valence-corrected chi connectivity index (χ4v) is 7.11. The summed E-state index contributed by atoms with van der Waals surface area (Å²) < 4.78 is 6.23. The summed E-state index contributed by atoms with van der Waals surface area (Å²) in [5.74, 6) is 0.449.